The number of rotatable bonds is 5. The number of hydrogen-bond acceptors (Lipinski definition) is 5. The van der Waals surface area contributed by atoms with Crippen LogP contribution < -0.4 is 4.74 Å². The van der Waals surface area contributed by atoms with Gasteiger partial charge in [0, 0.05) is 5.56 Å². The van der Waals surface area contributed by atoms with Crippen LogP contribution in [0.15, 0.2) is 18.2 Å². The minimum atomic E-state index is -1.15. The largest absolute Gasteiger partial charge is 0.482 e. The SMILES string of the molecule is CC(C)(C)OC(=O)c1cc(C=O)cc(OCC(=O)O)c1. The number of hydrogen-bond donors (Lipinski definition) is 1. The number of carboxylic acid groups (broad SMARTS) is 1. The highest BCUT2D eigenvalue weighted by molar-refractivity contribution is 5.92. The third kappa shape index (κ3) is 5.09. The summed E-state index contributed by atoms with van der Waals surface area (Å²) in [6.45, 7) is 4.60. The number of carbonyl (C=O) groups is 3. The minimum Gasteiger partial charge on any atom is -0.482 e. The number of benzene rings is 1. The zero-order chi connectivity index (χ0) is 15.3. The van der Waals surface area contributed by atoms with Crippen molar-refractivity contribution < 1.29 is 29.0 Å². The van der Waals surface area contributed by atoms with E-state index in [1.807, 2.05) is 0 Å². The van der Waals surface area contributed by atoms with Gasteiger partial charge in [-0.1, -0.05) is 0 Å². The molecule has 0 heterocycles. The van der Waals surface area contributed by atoms with Crippen molar-refractivity contribution >= 4 is 18.2 Å². The Morgan fingerprint density at radius 2 is 1.90 bits per heavy atom. The second-order valence-corrected chi connectivity index (χ2v) is 5.09. The van der Waals surface area contributed by atoms with E-state index in [0.717, 1.165) is 0 Å². The lowest BCUT2D eigenvalue weighted by Gasteiger charge is -2.19. The predicted molar refractivity (Wildman–Crippen MR) is 70.1 cm³/mol. The van der Waals surface area contributed by atoms with E-state index in [0.29, 0.717) is 6.29 Å². The molecule has 1 rings (SSSR count). The summed E-state index contributed by atoms with van der Waals surface area (Å²) in [6, 6.07) is 4.04. The van der Waals surface area contributed by atoms with Gasteiger partial charge in [0.25, 0.3) is 0 Å². The topological polar surface area (TPSA) is 89.9 Å². The van der Waals surface area contributed by atoms with Gasteiger partial charge in [-0.15, -0.1) is 0 Å². The average Bonchev–Trinajstić information content (AvgIpc) is 2.33. The molecule has 0 unspecified atom stereocenters. The summed E-state index contributed by atoms with van der Waals surface area (Å²) in [5.41, 5.74) is -0.338. The Morgan fingerprint density at radius 3 is 2.40 bits per heavy atom. The van der Waals surface area contributed by atoms with E-state index in [-0.39, 0.29) is 16.9 Å². The van der Waals surface area contributed by atoms with Crippen LogP contribution in [-0.4, -0.2) is 35.5 Å². The molecule has 6 heteroatoms. The Morgan fingerprint density at radius 1 is 1.25 bits per heavy atom. The van der Waals surface area contributed by atoms with Gasteiger partial charge < -0.3 is 14.6 Å². The first-order valence-electron chi connectivity index (χ1n) is 5.89. The van der Waals surface area contributed by atoms with Gasteiger partial charge in [-0.05, 0) is 39.0 Å². The summed E-state index contributed by atoms with van der Waals surface area (Å²) in [4.78, 5) is 33.2. The molecule has 0 bridgehead atoms. The molecule has 0 saturated heterocycles. The van der Waals surface area contributed by atoms with Gasteiger partial charge in [0.1, 0.15) is 17.6 Å². The van der Waals surface area contributed by atoms with Gasteiger partial charge in [-0.3, -0.25) is 4.79 Å². The first kappa shape index (κ1) is 15.7. The Bertz CT molecular complexity index is 527. The van der Waals surface area contributed by atoms with E-state index in [4.69, 9.17) is 14.6 Å². The average molecular weight is 280 g/mol. The number of esters is 1. The fourth-order valence-electron chi connectivity index (χ4n) is 1.37. The molecular weight excluding hydrogens is 264 g/mol. The van der Waals surface area contributed by atoms with Crippen molar-refractivity contribution in [2.24, 2.45) is 0 Å². The van der Waals surface area contributed by atoms with Crippen LogP contribution in [0.25, 0.3) is 0 Å². The molecule has 20 heavy (non-hydrogen) atoms. The van der Waals surface area contributed by atoms with E-state index in [9.17, 15) is 14.4 Å². The van der Waals surface area contributed by atoms with Crippen molar-refractivity contribution in [3.05, 3.63) is 29.3 Å². The Kier molecular flexibility index (Phi) is 4.85. The van der Waals surface area contributed by atoms with Crippen LogP contribution in [0, 0.1) is 0 Å². The number of carboxylic acids is 1. The number of aliphatic carboxylic acids is 1. The van der Waals surface area contributed by atoms with Crippen LogP contribution in [0.2, 0.25) is 0 Å². The maximum Gasteiger partial charge on any atom is 0.341 e. The molecule has 6 nitrogen and oxygen atoms in total. The molecular formula is C14H16O6. The highest BCUT2D eigenvalue weighted by atomic mass is 16.6. The highest BCUT2D eigenvalue weighted by Crippen LogP contribution is 2.19. The molecule has 0 saturated carbocycles. The van der Waals surface area contributed by atoms with Gasteiger partial charge in [-0.25, -0.2) is 9.59 Å². The molecule has 0 spiro atoms. The molecule has 0 radical (unpaired) electrons. The summed E-state index contributed by atoms with van der Waals surface area (Å²) >= 11 is 0. The summed E-state index contributed by atoms with van der Waals surface area (Å²) in [6.07, 6.45) is 0.543. The molecule has 0 fully saturated rings. The minimum absolute atomic E-state index is 0.123. The number of aldehydes is 1. The molecule has 0 amide bonds. The van der Waals surface area contributed by atoms with E-state index < -0.39 is 24.1 Å². The van der Waals surface area contributed by atoms with Crippen LogP contribution in [0.1, 0.15) is 41.5 Å². The summed E-state index contributed by atoms with van der Waals surface area (Å²) < 4.78 is 10.1. The van der Waals surface area contributed by atoms with Crippen molar-refractivity contribution in [2.45, 2.75) is 26.4 Å². The maximum absolute atomic E-state index is 11.9. The second-order valence-electron chi connectivity index (χ2n) is 5.09. The molecule has 0 aromatic heterocycles. The van der Waals surface area contributed by atoms with Gasteiger partial charge >= 0.3 is 11.9 Å². The van der Waals surface area contributed by atoms with Crippen LogP contribution in [0.5, 0.6) is 5.75 Å². The lowest BCUT2D eigenvalue weighted by molar-refractivity contribution is -0.139. The Hall–Kier alpha value is -2.37. The van der Waals surface area contributed by atoms with Crippen LogP contribution >= 0.6 is 0 Å². The normalized spacial score (nSPS) is 10.8. The zero-order valence-electron chi connectivity index (χ0n) is 11.5. The van der Waals surface area contributed by atoms with Crippen molar-refractivity contribution in [1.29, 1.82) is 0 Å². The first-order valence-corrected chi connectivity index (χ1v) is 5.89. The van der Waals surface area contributed by atoms with Crippen molar-refractivity contribution in [3.63, 3.8) is 0 Å². The molecule has 0 aliphatic rings. The van der Waals surface area contributed by atoms with Gasteiger partial charge in [-0.2, -0.15) is 0 Å². The Balaban J connectivity index is 3.01. The fourth-order valence-corrected chi connectivity index (χ4v) is 1.37. The molecule has 1 aromatic carbocycles. The smallest absolute Gasteiger partial charge is 0.341 e. The molecule has 0 aliphatic carbocycles. The van der Waals surface area contributed by atoms with E-state index in [1.54, 1.807) is 20.8 Å². The first-order chi connectivity index (χ1) is 9.21. The van der Waals surface area contributed by atoms with Crippen LogP contribution in [-0.2, 0) is 9.53 Å². The van der Waals surface area contributed by atoms with Crippen molar-refractivity contribution in [2.75, 3.05) is 6.61 Å². The second kappa shape index (κ2) is 6.18. The quantitative estimate of drug-likeness (QED) is 0.654. The van der Waals surface area contributed by atoms with Gasteiger partial charge in [0.2, 0.25) is 0 Å². The third-order valence-electron chi connectivity index (χ3n) is 2.06. The highest BCUT2D eigenvalue weighted by Gasteiger charge is 2.19. The van der Waals surface area contributed by atoms with E-state index >= 15 is 0 Å². The summed E-state index contributed by atoms with van der Waals surface area (Å²) in [5, 5.41) is 8.55. The Labute approximate surface area is 116 Å². The van der Waals surface area contributed by atoms with Gasteiger partial charge in [0.15, 0.2) is 6.61 Å². The third-order valence-corrected chi connectivity index (χ3v) is 2.06. The van der Waals surface area contributed by atoms with Crippen LogP contribution in [0.4, 0.5) is 0 Å². The van der Waals surface area contributed by atoms with Gasteiger partial charge in [0.05, 0.1) is 5.56 Å². The fraction of sp³-hybridized carbons (Fsp3) is 0.357. The number of carbonyl (C=O) groups excluding carboxylic acids is 2. The van der Waals surface area contributed by atoms with Crippen molar-refractivity contribution in [1.82, 2.24) is 0 Å². The zero-order valence-corrected chi connectivity index (χ0v) is 11.5. The summed E-state index contributed by atoms with van der Waals surface area (Å²) in [5.74, 6) is -1.64. The lowest BCUT2D eigenvalue weighted by atomic mass is 10.1. The summed E-state index contributed by atoms with van der Waals surface area (Å²) in [7, 11) is 0. The predicted octanol–water partition coefficient (Wildman–Crippen LogP) is 1.92. The van der Waals surface area contributed by atoms with Crippen molar-refractivity contribution in [3.8, 4) is 5.75 Å². The van der Waals surface area contributed by atoms with E-state index in [1.165, 1.54) is 18.2 Å². The van der Waals surface area contributed by atoms with Crippen LogP contribution in [0.3, 0.4) is 0 Å². The molecule has 0 aliphatic heterocycles. The van der Waals surface area contributed by atoms with E-state index in [2.05, 4.69) is 0 Å². The molecule has 1 aromatic rings. The maximum atomic E-state index is 11.9. The lowest BCUT2D eigenvalue weighted by Crippen LogP contribution is -2.24. The monoisotopic (exact) mass is 280 g/mol. The standard InChI is InChI=1S/C14H16O6/c1-14(2,3)20-13(18)10-4-9(7-15)5-11(6-10)19-8-12(16)17/h4-7H,8H2,1-3H3,(H,16,17). The molecule has 1 N–H and O–H groups in total. The molecule has 0 atom stereocenters. The molecule has 108 valence electrons. The number of ether oxygens (including phenoxy) is 2.